The average Bonchev–Trinajstić information content (AvgIpc) is 3.25. The molecule has 5 rings (SSSR count). The number of imidazole rings is 1. The molecular weight excluding hydrogens is 322 g/mol. The third kappa shape index (κ3) is 3.47. The molecule has 26 heavy (non-hydrogen) atoms. The number of aromatic nitrogens is 2. The minimum absolute atomic E-state index is 0.385. The van der Waals surface area contributed by atoms with Crippen molar-refractivity contribution in [3.8, 4) is 0 Å². The molecule has 3 saturated carbocycles. The molecule has 0 radical (unpaired) electrons. The second-order valence-corrected chi connectivity index (χ2v) is 9.50. The summed E-state index contributed by atoms with van der Waals surface area (Å²) < 4.78 is 8.93. The topological polar surface area (TPSA) is 30.3 Å². The van der Waals surface area contributed by atoms with E-state index in [1.165, 1.54) is 70.9 Å². The van der Waals surface area contributed by atoms with E-state index < -0.39 is 0 Å². The van der Waals surface area contributed by atoms with E-state index in [-0.39, 0.29) is 0 Å². The van der Waals surface area contributed by atoms with Crippen LogP contribution >= 0.6 is 0 Å². The summed E-state index contributed by atoms with van der Waals surface area (Å²) in [5.41, 5.74) is 0. The molecular formula is C22H35N3O. The Balaban J connectivity index is 1.30. The second kappa shape index (κ2) is 7.27. The molecule has 0 amide bonds. The lowest BCUT2D eigenvalue weighted by Crippen LogP contribution is -2.38. The summed E-state index contributed by atoms with van der Waals surface area (Å²) in [6, 6.07) is 1.36. The molecule has 144 valence electrons. The molecule has 0 N–H and O–H groups in total. The van der Waals surface area contributed by atoms with Gasteiger partial charge in [-0.1, -0.05) is 19.3 Å². The van der Waals surface area contributed by atoms with Crippen LogP contribution in [0.3, 0.4) is 0 Å². The first kappa shape index (κ1) is 17.2. The van der Waals surface area contributed by atoms with Gasteiger partial charge in [-0.3, -0.25) is 4.90 Å². The number of likely N-dealkylation sites (tertiary alicyclic amines) is 1. The van der Waals surface area contributed by atoms with Gasteiger partial charge in [-0.15, -0.1) is 0 Å². The van der Waals surface area contributed by atoms with Crippen LogP contribution in [0.25, 0.3) is 0 Å². The zero-order valence-electron chi connectivity index (χ0n) is 16.4. The lowest BCUT2D eigenvalue weighted by molar-refractivity contribution is -0.0344. The van der Waals surface area contributed by atoms with Crippen molar-refractivity contribution in [2.24, 2.45) is 17.8 Å². The molecule has 0 unspecified atom stereocenters. The SMILES string of the molecule is Cc1nccn1[C@H]1C[C@H]2CN(C3CCCCC3)C[C@H]2C[C@@H]1OCC1CC1. The molecule has 0 spiro atoms. The molecule has 4 nitrogen and oxygen atoms in total. The Morgan fingerprint density at radius 2 is 1.81 bits per heavy atom. The van der Waals surface area contributed by atoms with Gasteiger partial charge in [0.1, 0.15) is 5.82 Å². The van der Waals surface area contributed by atoms with Gasteiger partial charge < -0.3 is 9.30 Å². The number of nitrogens with zero attached hydrogens (tertiary/aromatic N) is 3. The van der Waals surface area contributed by atoms with Gasteiger partial charge in [0.15, 0.2) is 0 Å². The van der Waals surface area contributed by atoms with Crippen molar-refractivity contribution in [1.82, 2.24) is 14.5 Å². The highest BCUT2D eigenvalue weighted by Crippen LogP contribution is 2.45. The molecule has 1 saturated heterocycles. The summed E-state index contributed by atoms with van der Waals surface area (Å²) >= 11 is 0. The molecule has 4 aliphatic rings. The fourth-order valence-electron chi connectivity index (χ4n) is 5.92. The summed E-state index contributed by atoms with van der Waals surface area (Å²) in [4.78, 5) is 7.36. The maximum absolute atomic E-state index is 6.52. The minimum Gasteiger partial charge on any atom is -0.376 e. The van der Waals surface area contributed by atoms with Crippen molar-refractivity contribution in [2.45, 2.75) is 82.9 Å². The third-order valence-corrected chi connectivity index (χ3v) is 7.67. The molecule has 4 atom stereocenters. The van der Waals surface area contributed by atoms with Crippen molar-refractivity contribution in [2.75, 3.05) is 19.7 Å². The molecule has 4 fully saturated rings. The summed E-state index contributed by atoms with van der Waals surface area (Å²) in [7, 11) is 0. The Kier molecular flexibility index (Phi) is 4.82. The smallest absolute Gasteiger partial charge is 0.105 e. The number of hydrogen-bond donors (Lipinski definition) is 0. The van der Waals surface area contributed by atoms with E-state index in [1.54, 1.807) is 0 Å². The van der Waals surface area contributed by atoms with Crippen LogP contribution in [0.5, 0.6) is 0 Å². The maximum Gasteiger partial charge on any atom is 0.105 e. The van der Waals surface area contributed by atoms with Gasteiger partial charge in [-0.05, 0) is 63.2 Å². The van der Waals surface area contributed by atoms with Crippen molar-refractivity contribution < 1.29 is 4.74 Å². The summed E-state index contributed by atoms with van der Waals surface area (Å²) in [5, 5.41) is 0. The van der Waals surface area contributed by atoms with Gasteiger partial charge in [0, 0.05) is 38.1 Å². The van der Waals surface area contributed by atoms with Gasteiger partial charge in [0.25, 0.3) is 0 Å². The Labute approximate surface area is 158 Å². The molecule has 2 heterocycles. The standard InChI is InChI=1S/C22H35N3O/c1-16-23-9-10-25(16)21-11-18-13-24(20-5-3-2-4-6-20)14-19(18)12-22(21)26-15-17-7-8-17/h9-10,17-22H,2-8,11-15H2,1H3/t18-,19+,21-,22-/m0/s1. The summed E-state index contributed by atoms with van der Waals surface area (Å²) in [5.74, 6) is 3.70. The van der Waals surface area contributed by atoms with Gasteiger partial charge in [0.2, 0.25) is 0 Å². The Morgan fingerprint density at radius 1 is 1.04 bits per heavy atom. The normalized spacial score (nSPS) is 36.3. The molecule has 3 aliphatic carbocycles. The van der Waals surface area contributed by atoms with Crippen LogP contribution in [0.4, 0.5) is 0 Å². The van der Waals surface area contributed by atoms with Crippen LogP contribution in [-0.2, 0) is 4.74 Å². The predicted molar refractivity (Wildman–Crippen MR) is 103 cm³/mol. The number of rotatable bonds is 5. The molecule has 0 bridgehead atoms. The van der Waals surface area contributed by atoms with Crippen molar-refractivity contribution in [3.63, 3.8) is 0 Å². The second-order valence-electron chi connectivity index (χ2n) is 9.50. The summed E-state index contributed by atoms with van der Waals surface area (Å²) in [6.07, 6.45) is 17.0. The van der Waals surface area contributed by atoms with Crippen molar-refractivity contribution in [1.29, 1.82) is 0 Å². The molecule has 1 aromatic rings. The van der Waals surface area contributed by atoms with E-state index in [1.807, 2.05) is 6.20 Å². The minimum atomic E-state index is 0.385. The molecule has 0 aromatic carbocycles. The van der Waals surface area contributed by atoms with E-state index in [9.17, 15) is 0 Å². The van der Waals surface area contributed by atoms with Crippen molar-refractivity contribution >= 4 is 0 Å². The van der Waals surface area contributed by atoms with Crippen molar-refractivity contribution in [3.05, 3.63) is 18.2 Å². The Morgan fingerprint density at radius 3 is 2.50 bits per heavy atom. The van der Waals surface area contributed by atoms with E-state index in [0.29, 0.717) is 12.1 Å². The molecule has 1 aliphatic heterocycles. The third-order valence-electron chi connectivity index (χ3n) is 7.67. The first-order valence-electron chi connectivity index (χ1n) is 11.1. The average molecular weight is 358 g/mol. The fourth-order valence-corrected chi connectivity index (χ4v) is 5.92. The highest BCUT2D eigenvalue weighted by molar-refractivity contribution is 5.02. The van der Waals surface area contributed by atoms with Gasteiger partial charge in [-0.25, -0.2) is 4.98 Å². The van der Waals surface area contributed by atoms with Crippen LogP contribution in [0, 0.1) is 24.7 Å². The number of aryl methyl sites for hydroxylation is 1. The summed E-state index contributed by atoms with van der Waals surface area (Å²) in [6.45, 7) is 5.79. The number of hydrogen-bond acceptors (Lipinski definition) is 3. The van der Waals surface area contributed by atoms with Gasteiger partial charge >= 0.3 is 0 Å². The van der Waals surface area contributed by atoms with Crippen LogP contribution in [0.15, 0.2) is 12.4 Å². The van der Waals surface area contributed by atoms with E-state index in [0.717, 1.165) is 36.2 Å². The van der Waals surface area contributed by atoms with Gasteiger partial charge in [0.05, 0.1) is 12.1 Å². The maximum atomic E-state index is 6.52. The van der Waals surface area contributed by atoms with Crippen LogP contribution in [0.2, 0.25) is 0 Å². The Bertz CT molecular complexity index is 604. The lowest BCUT2D eigenvalue weighted by atomic mass is 9.77. The quantitative estimate of drug-likeness (QED) is 0.791. The first-order chi connectivity index (χ1) is 12.8. The van der Waals surface area contributed by atoms with Gasteiger partial charge in [-0.2, -0.15) is 0 Å². The van der Waals surface area contributed by atoms with Crippen LogP contribution < -0.4 is 0 Å². The van der Waals surface area contributed by atoms with E-state index in [2.05, 4.69) is 27.6 Å². The number of ether oxygens (including phenoxy) is 1. The molecule has 4 heteroatoms. The van der Waals surface area contributed by atoms with Crippen LogP contribution in [0.1, 0.15) is 69.7 Å². The van der Waals surface area contributed by atoms with E-state index >= 15 is 0 Å². The largest absolute Gasteiger partial charge is 0.376 e. The Hall–Kier alpha value is -0.870. The monoisotopic (exact) mass is 357 g/mol. The van der Waals surface area contributed by atoms with E-state index in [4.69, 9.17) is 4.74 Å². The highest BCUT2D eigenvalue weighted by atomic mass is 16.5. The predicted octanol–water partition coefficient (Wildman–Crippen LogP) is 4.20. The fraction of sp³-hybridized carbons (Fsp3) is 0.864. The first-order valence-corrected chi connectivity index (χ1v) is 11.1. The lowest BCUT2D eigenvalue weighted by Gasteiger charge is -2.39. The zero-order chi connectivity index (χ0) is 17.5. The molecule has 1 aromatic heterocycles. The highest BCUT2D eigenvalue weighted by Gasteiger charge is 2.45. The number of fused-ring (bicyclic) bond motifs is 1. The zero-order valence-corrected chi connectivity index (χ0v) is 16.4. The van der Waals surface area contributed by atoms with Crippen LogP contribution in [-0.4, -0.2) is 46.3 Å².